The number of rotatable bonds is 5. The van der Waals surface area contributed by atoms with E-state index in [4.69, 9.17) is 0 Å². The molecule has 0 radical (unpaired) electrons. The predicted molar refractivity (Wildman–Crippen MR) is 119 cm³/mol. The van der Waals surface area contributed by atoms with Gasteiger partial charge in [-0.25, -0.2) is 4.79 Å². The second-order valence-electron chi connectivity index (χ2n) is 7.67. The van der Waals surface area contributed by atoms with Crippen molar-refractivity contribution in [3.63, 3.8) is 0 Å². The van der Waals surface area contributed by atoms with Crippen LogP contribution in [-0.4, -0.2) is 19.8 Å². The molecule has 0 unspecified atom stereocenters. The Hall–Kier alpha value is -3.73. The predicted octanol–water partition coefficient (Wildman–Crippen LogP) is 4.68. The van der Waals surface area contributed by atoms with E-state index in [1.165, 1.54) is 38.9 Å². The summed E-state index contributed by atoms with van der Waals surface area (Å²) in [5.74, 6) is 0.553. The van der Waals surface area contributed by atoms with Gasteiger partial charge in [-0.2, -0.15) is 9.36 Å². The van der Waals surface area contributed by atoms with Crippen molar-refractivity contribution in [2.45, 2.75) is 18.8 Å². The second-order valence-corrected chi connectivity index (χ2v) is 7.67. The number of hydrogen-bond acceptors (Lipinski definition) is 3. The average Bonchev–Trinajstić information content (AvgIpc) is 3.59. The van der Waals surface area contributed by atoms with Gasteiger partial charge in [-0.3, -0.25) is 0 Å². The van der Waals surface area contributed by atoms with Gasteiger partial charge in [0.1, 0.15) is 0 Å². The third kappa shape index (κ3) is 3.50. The number of hydrogen-bond donors (Lipinski definition) is 0. The fourth-order valence-electron chi connectivity index (χ4n) is 3.75. The molecule has 1 heterocycles. The van der Waals surface area contributed by atoms with Gasteiger partial charge in [-0.05, 0) is 57.5 Å². The summed E-state index contributed by atoms with van der Waals surface area (Å²) in [7, 11) is 1.61. The smallest absolute Gasteiger partial charge is 0.244 e. The van der Waals surface area contributed by atoms with E-state index in [0.29, 0.717) is 5.92 Å². The van der Waals surface area contributed by atoms with Crippen LogP contribution in [0.2, 0.25) is 0 Å². The van der Waals surface area contributed by atoms with Crippen LogP contribution >= 0.6 is 0 Å². The fourth-order valence-corrected chi connectivity index (χ4v) is 3.75. The Morgan fingerprint density at radius 2 is 1.57 bits per heavy atom. The van der Waals surface area contributed by atoms with Crippen LogP contribution in [0.4, 0.5) is 0 Å². The van der Waals surface area contributed by atoms with E-state index >= 15 is 0 Å². The molecule has 1 aliphatic rings. The van der Waals surface area contributed by atoms with Crippen molar-refractivity contribution in [1.82, 2.24) is 19.8 Å². The molecule has 3 aromatic carbocycles. The summed E-state index contributed by atoms with van der Waals surface area (Å²) in [5, 5.41) is 7.92. The number of benzene rings is 3. The first-order chi connectivity index (χ1) is 14.7. The first-order valence-electron chi connectivity index (χ1n) is 10.2. The Morgan fingerprint density at radius 1 is 0.833 bits per heavy atom. The average molecular weight is 394 g/mol. The van der Waals surface area contributed by atoms with E-state index in [1.54, 1.807) is 7.05 Å². The molecule has 0 atom stereocenters. The molecule has 1 saturated carbocycles. The lowest BCUT2D eigenvalue weighted by atomic mass is 9.99. The molecule has 0 aliphatic heterocycles. The normalized spacial score (nSPS) is 13.8. The summed E-state index contributed by atoms with van der Waals surface area (Å²) < 4.78 is 2.63. The largest absolute Gasteiger partial charge is 0.368 e. The lowest BCUT2D eigenvalue weighted by Crippen LogP contribution is -2.22. The van der Waals surface area contributed by atoms with Gasteiger partial charge in [-0.1, -0.05) is 78.9 Å². The molecule has 5 nitrogen and oxygen atoms in total. The molecular formula is C25H22N4O. The number of nitrogens with zero attached hydrogens (tertiary/aromatic N) is 4. The molecule has 0 saturated heterocycles. The van der Waals surface area contributed by atoms with E-state index in [0.717, 1.165) is 16.8 Å². The molecule has 30 heavy (non-hydrogen) atoms. The Labute approximate surface area is 174 Å². The number of aromatic nitrogens is 4. The van der Waals surface area contributed by atoms with Crippen molar-refractivity contribution in [1.29, 1.82) is 0 Å². The van der Waals surface area contributed by atoms with Crippen LogP contribution in [0.3, 0.4) is 0 Å². The molecule has 0 N–H and O–H groups in total. The molecule has 1 fully saturated rings. The zero-order chi connectivity index (χ0) is 20.5. The first kappa shape index (κ1) is 18.3. The lowest BCUT2D eigenvalue weighted by Gasteiger charge is -2.10. The maximum Gasteiger partial charge on any atom is 0.368 e. The molecule has 5 rings (SSSR count). The fraction of sp³-hybridized carbons (Fsp3) is 0.160. The summed E-state index contributed by atoms with van der Waals surface area (Å²) in [6.45, 7) is 0. The zero-order valence-electron chi connectivity index (χ0n) is 16.8. The van der Waals surface area contributed by atoms with Gasteiger partial charge in [0.25, 0.3) is 0 Å². The molecule has 148 valence electrons. The van der Waals surface area contributed by atoms with E-state index in [9.17, 15) is 4.79 Å². The van der Waals surface area contributed by atoms with Crippen LogP contribution in [0.15, 0.2) is 77.6 Å². The minimum atomic E-state index is -0.246. The molecule has 0 spiro atoms. The number of tetrazole rings is 1. The quantitative estimate of drug-likeness (QED) is 0.462. The summed E-state index contributed by atoms with van der Waals surface area (Å²) in [6.07, 6.45) is 6.57. The Balaban J connectivity index is 1.52. The van der Waals surface area contributed by atoms with Gasteiger partial charge >= 0.3 is 5.69 Å². The second kappa shape index (κ2) is 7.59. The summed E-state index contributed by atoms with van der Waals surface area (Å²) in [4.78, 5) is 12.4. The SMILES string of the molecule is Cn1nnn(-c2cccc(C3CC3)c2/C=C/c2ccc(-c3ccccc3)cc2)c1=O. The minimum absolute atomic E-state index is 0.246. The van der Waals surface area contributed by atoms with E-state index < -0.39 is 0 Å². The molecule has 1 aromatic heterocycles. The molecule has 0 amide bonds. The van der Waals surface area contributed by atoms with Crippen molar-refractivity contribution >= 4 is 12.2 Å². The van der Waals surface area contributed by atoms with E-state index in [2.05, 4.69) is 65.0 Å². The minimum Gasteiger partial charge on any atom is -0.244 e. The number of aryl methyl sites for hydroxylation is 1. The Bertz CT molecular complexity index is 1260. The Morgan fingerprint density at radius 3 is 2.23 bits per heavy atom. The molecular weight excluding hydrogens is 372 g/mol. The van der Waals surface area contributed by atoms with Crippen LogP contribution in [0.1, 0.15) is 35.4 Å². The Kier molecular flexibility index (Phi) is 4.64. The molecule has 1 aliphatic carbocycles. The third-order valence-corrected chi connectivity index (χ3v) is 5.54. The van der Waals surface area contributed by atoms with Gasteiger partial charge < -0.3 is 0 Å². The van der Waals surface area contributed by atoms with Crippen LogP contribution in [0, 0.1) is 0 Å². The first-order valence-corrected chi connectivity index (χ1v) is 10.2. The van der Waals surface area contributed by atoms with Crippen LogP contribution in [0.5, 0.6) is 0 Å². The topological polar surface area (TPSA) is 52.7 Å². The van der Waals surface area contributed by atoms with E-state index in [-0.39, 0.29) is 5.69 Å². The van der Waals surface area contributed by atoms with Crippen molar-refractivity contribution in [3.05, 3.63) is 100.0 Å². The van der Waals surface area contributed by atoms with Crippen LogP contribution < -0.4 is 5.69 Å². The standard InChI is InChI=1S/C25H22N4O/c1-28-25(30)29(27-26-28)24-9-5-8-22(21-15-16-21)23(24)17-12-18-10-13-20(14-11-18)19-6-3-2-4-7-19/h2-14,17,21H,15-16H2,1H3/b17-12+. The van der Waals surface area contributed by atoms with Crippen molar-refractivity contribution in [3.8, 4) is 16.8 Å². The highest BCUT2D eigenvalue weighted by Crippen LogP contribution is 2.43. The highest BCUT2D eigenvalue weighted by Gasteiger charge is 2.27. The highest BCUT2D eigenvalue weighted by molar-refractivity contribution is 5.77. The van der Waals surface area contributed by atoms with Crippen molar-refractivity contribution in [2.75, 3.05) is 0 Å². The molecule has 0 bridgehead atoms. The van der Waals surface area contributed by atoms with Gasteiger partial charge in [0, 0.05) is 12.6 Å². The third-order valence-electron chi connectivity index (χ3n) is 5.54. The van der Waals surface area contributed by atoms with Gasteiger partial charge in [-0.15, -0.1) is 0 Å². The summed E-state index contributed by atoms with van der Waals surface area (Å²) in [5.41, 5.74) is 6.34. The van der Waals surface area contributed by atoms with Crippen molar-refractivity contribution < 1.29 is 0 Å². The van der Waals surface area contributed by atoms with Gasteiger partial charge in [0.2, 0.25) is 0 Å². The highest BCUT2D eigenvalue weighted by atomic mass is 16.2. The zero-order valence-corrected chi connectivity index (χ0v) is 16.8. The van der Waals surface area contributed by atoms with Gasteiger partial charge in [0.15, 0.2) is 0 Å². The molecule has 4 aromatic rings. The molecule has 5 heteroatoms. The summed E-state index contributed by atoms with van der Waals surface area (Å²) >= 11 is 0. The van der Waals surface area contributed by atoms with Crippen LogP contribution in [-0.2, 0) is 7.05 Å². The lowest BCUT2D eigenvalue weighted by molar-refractivity contribution is 0.693. The van der Waals surface area contributed by atoms with Gasteiger partial charge in [0.05, 0.1) is 5.69 Å². The monoisotopic (exact) mass is 394 g/mol. The summed E-state index contributed by atoms with van der Waals surface area (Å²) in [6, 6.07) is 24.9. The maximum atomic E-state index is 12.4. The van der Waals surface area contributed by atoms with Crippen LogP contribution in [0.25, 0.3) is 29.0 Å². The van der Waals surface area contributed by atoms with Crippen molar-refractivity contribution in [2.24, 2.45) is 7.05 Å². The maximum absolute atomic E-state index is 12.4. The van der Waals surface area contributed by atoms with E-state index in [1.807, 2.05) is 30.3 Å².